The summed E-state index contributed by atoms with van der Waals surface area (Å²) in [4.78, 5) is 13.9. The summed E-state index contributed by atoms with van der Waals surface area (Å²) in [6.45, 7) is 4.20. The predicted octanol–water partition coefficient (Wildman–Crippen LogP) is 8.22. The van der Waals surface area contributed by atoms with Crippen LogP contribution >= 0.6 is 22.9 Å². The van der Waals surface area contributed by atoms with Gasteiger partial charge in [0.1, 0.15) is 16.8 Å². The number of thiophene rings is 1. The molecule has 0 atom stereocenters. The van der Waals surface area contributed by atoms with E-state index < -0.39 is 0 Å². The number of carbonyl (C=O) groups excluding carboxylic acids is 1. The molecule has 0 radical (unpaired) electrons. The summed E-state index contributed by atoms with van der Waals surface area (Å²) in [5.41, 5.74) is 3.37. The zero-order chi connectivity index (χ0) is 26.0. The summed E-state index contributed by atoms with van der Waals surface area (Å²) >= 11 is 7.47. The Morgan fingerprint density at radius 2 is 1.86 bits per heavy atom. The Morgan fingerprint density at radius 1 is 1.11 bits per heavy atom. The number of rotatable bonds is 6. The highest BCUT2D eigenvalue weighted by molar-refractivity contribution is 7.17. The molecule has 0 saturated heterocycles. The molecular weight excluding hydrogens is 500 g/mol. The van der Waals surface area contributed by atoms with E-state index in [2.05, 4.69) is 43.5 Å². The van der Waals surface area contributed by atoms with Gasteiger partial charge in [-0.15, -0.1) is 11.3 Å². The number of hydrogen-bond acceptors (Lipinski definition) is 4. The molecule has 1 aliphatic carbocycles. The Balaban J connectivity index is 1.34. The number of allylic oxidation sites excluding steroid dienone is 2. The number of fused-ring (bicyclic) bond motifs is 2. The molecular formula is C31H25ClN2O2S. The Morgan fingerprint density at radius 3 is 2.62 bits per heavy atom. The van der Waals surface area contributed by atoms with Gasteiger partial charge in [-0.05, 0) is 58.7 Å². The Kier molecular flexibility index (Phi) is 6.88. The van der Waals surface area contributed by atoms with E-state index in [9.17, 15) is 10.1 Å². The summed E-state index contributed by atoms with van der Waals surface area (Å²) in [6.07, 6.45) is 7.02. The smallest absolute Gasteiger partial charge is 0.262 e. The Labute approximate surface area is 225 Å². The number of amides is 1. The second-order valence-electron chi connectivity index (χ2n) is 9.67. The van der Waals surface area contributed by atoms with Crippen molar-refractivity contribution in [1.29, 1.82) is 5.26 Å². The number of halogens is 1. The van der Waals surface area contributed by atoms with E-state index >= 15 is 0 Å². The van der Waals surface area contributed by atoms with Gasteiger partial charge in [0.25, 0.3) is 5.91 Å². The number of anilines is 1. The largest absolute Gasteiger partial charge is 0.484 e. The molecule has 4 aromatic rings. The third-order valence-corrected chi connectivity index (χ3v) is 8.09. The second-order valence-corrected chi connectivity index (χ2v) is 11.1. The molecule has 184 valence electrons. The molecule has 1 heterocycles. The van der Waals surface area contributed by atoms with E-state index in [4.69, 9.17) is 16.3 Å². The van der Waals surface area contributed by atoms with Crippen molar-refractivity contribution in [2.24, 2.45) is 0 Å². The summed E-state index contributed by atoms with van der Waals surface area (Å²) in [5.74, 6) is 0.328. The molecule has 0 saturated carbocycles. The highest BCUT2D eigenvalue weighted by Crippen LogP contribution is 2.47. The van der Waals surface area contributed by atoms with Gasteiger partial charge in [0.05, 0.1) is 5.56 Å². The second kappa shape index (κ2) is 10.3. The van der Waals surface area contributed by atoms with E-state index in [0.717, 1.165) is 38.8 Å². The highest BCUT2D eigenvalue weighted by Gasteiger charge is 2.33. The number of nitrogens with zero attached hydrogens (tertiary/aromatic N) is 1. The molecule has 0 spiro atoms. The fourth-order valence-corrected chi connectivity index (χ4v) is 5.94. The zero-order valence-electron chi connectivity index (χ0n) is 20.5. The first-order valence-corrected chi connectivity index (χ1v) is 13.1. The Hall–Kier alpha value is -3.85. The topological polar surface area (TPSA) is 62.1 Å². The lowest BCUT2D eigenvalue weighted by molar-refractivity contribution is -0.118. The molecule has 3 aromatic carbocycles. The van der Waals surface area contributed by atoms with Crippen molar-refractivity contribution < 1.29 is 9.53 Å². The number of benzene rings is 3. The average molecular weight is 525 g/mol. The van der Waals surface area contributed by atoms with Crippen LogP contribution in [0.5, 0.6) is 5.75 Å². The molecule has 1 aliphatic rings. The molecule has 1 N–H and O–H groups in total. The number of nitriles is 1. The fourth-order valence-electron chi connectivity index (χ4n) is 4.56. The van der Waals surface area contributed by atoms with Gasteiger partial charge in [-0.2, -0.15) is 5.26 Å². The maximum atomic E-state index is 12.8. The summed E-state index contributed by atoms with van der Waals surface area (Å²) in [6, 6.07) is 23.7. The zero-order valence-corrected chi connectivity index (χ0v) is 22.1. The van der Waals surface area contributed by atoms with Crippen LogP contribution in [-0.2, 0) is 10.2 Å². The van der Waals surface area contributed by atoms with E-state index in [1.54, 1.807) is 0 Å². The van der Waals surface area contributed by atoms with Crippen molar-refractivity contribution in [3.05, 3.63) is 105 Å². The summed E-state index contributed by atoms with van der Waals surface area (Å²) in [7, 11) is 0. The van der Waals surface area contributed by atoms with Crippen molar-refractivity contribution in [1.82, 2.24) is 0 Å². The maximum absolute atomic E-state index is 12.8. The van der Waals surface area contributed by atoms with E-state index in [1.807, 2.05) is 66.7 Å². The average Bonchev–Trinajstić information content (AvgIpc) is 3.24. The number of ether oxygens (including phenoxy) is 1. The van der Waals surface area contributed by atoms with Crippen LogP contribution in [0.2, 0.25) is 5.02 Å². The lowest BCUT2D eigenvalue weighted by atomic mass is 9.77. The SMILES string of the molecule is CC1(C)CC(C=Cc2ccc(Cl)cc2)=Cc2c1sc(NC(=O)COc1ccc3ccccc3c1)c2C#N. The number of hydrogen-bond donors (Lipinski definition) is 1. The molecule has 0 bridgehead atoms. The van der Waals surface area contributed by atoms with Crippen LogP contribution in [0.15, 0.2) is 78.4 Å². The van der Waals surface area contributed by atoms with E-state index in [-0.39, 0.29) is 17.9 Å². The van der Waals surface area contributed by atoms with Crippen LogP contribution in [-0.4, -0.2) is 12.5 Å². The minimum absolute atomic E-state index is 0.139. The standard InChI is InChI=1S/C31H25ClN2O2S/c1-31(2)17-21(8-7-20-9-12-24(32)13-10-20)15-26-27(18-33)30(37-29(26)31)34-28(35)19-36-25-14-11-22-5-3-4-6-23(22)16-25/h3-16H,17,19H2,1-2H3,(H,34,35). The normalized spacial score (nSPS) is 14.2. The van der Waals surface area contributed by atoms with Gasteiger partial charge in [0.2, 0.25) is 0 Å². The minimum Gasteiger partial charge on any atom is -0.484 e. The molecule has 5 rings (SSSR count). The first kappa shape index (κ1) is 24.8. The summed E-state index contributed by atoms with van der Waals surface area (Å²) < 4.78 is 5.74. The van der Waals surface area contributed by atoms with Crippen LogP contribution in [0.1, 0.15) is 41.8 Å². The molecule has 37 heavy (non-hydrogen) atoms. The van der Waals surface area contributed by atoms with Crippen molar-refractivity contribution in [2.45, 2.75) is 25.7 Å². The van der Waals surface area contributed by atoms with Crippen molar-refractivity contribution in [3.8, 4) is 11.8 Å². The van der Waals surface area contributed by atoms with Gasteiger partial charge in [-0.25, -0.2) is 0 Å². The number of carbonyl (C=O) groups is 1. The predicted molar refractivity (Wildman–Crippen MR) is 153 cm³/mol. The molecule has 0 fully saturated rings. The van der Waals surface area contributed by atoms with Crippen LogP contribution < -0.4 is 10.1 Å². The minimum atomic E-state index is -0.298. The van der Waals surface area contributed by atoms with Gasteiger partial charge in [0.15, 0.2) is 6.61 Å². The van der Waals surface area contributed by atoms with E-state index in [0.29, 0.717) is 21.3 Å². The van der Waals surface area contributed by atoms with Crippen LogP contribution in [0.3, 0.4) is 0 Å². The molecule has 0 aliphatic heterocycles. The van der Waals surface area contributed by atoms with E-state index in [1.165, 1.54) is 11.3 Å². The van der Waals surface area contributed by atoms with Crippen LogP contribution in [0, 0.1) is 11.3 Å². The third kappa shape index (κ3) is 5.46. The summed E-state index contributed by atoms with van der Waals surface area (Å²) in [5, 5.41) is 16.3. The molecule has 0 unspecified atom stereocenters. The molecule has 1 amide bonds. The monoisotopic (exact) mass is 524 g/mol. The van der Waals surface area contributed by atoms with Gasteiger partial charge in [0, 0.05) is 20.9 Å². The molecule has 4 nitrogen and oxygen atoms in total. The highest BCUT2D eigenvalue weighted by atomic mass is 35.5. The Bertz CT molecular complexity index is 1590. The quantitative estimate of drug-likeness (QED) is 0.276. The van der Waals surface area contributed by atoms with Gasteiger partial charge in [-0.3, -0.25) is 4.79 Å². The lowest BCUT2D eigenvalue weighted by Gasteiger charge is -2.29. The fraction of sp³-hybridized carbons (Fsp3) is 0.161. The van der Waals surface area contributed by atoms with Crippen molar-refractivity contribution in [2.75, 3.05) is 11.9 Å². The third-order valence-electron chi connectivity index (χ3n) is 6.35. The molecule has 1 aromatic heterocycles. The van der Waals surface area contributed by atoms with Gasteiger partial charge >= 0.3 is 0 Å². The van der Waals surface area contributed by atoms with Crippen molar-refractivity contribution in [3.63, 3.8) is 0 Å². The molecule has 6 heteroatoms. The van der Waals surface area contributed by atoms with Crippen molar-refractivity contribution >= 4 is 56.8 Å². The van der Waals surface area contributed by atoms with Gasteiger partial charge in [-0.1, -0.05) is 80.1 Å². The first-order chi connectivity index (χ1) is 17.8. The number of nitrogens with one attached hydrogen (secondary N) is 1. The van der Waals surface area contributed by atoms with Crippen LogP contribution in [0.25, 0.3) is 22.9 Å². The maximum Gasteiger partial charge on any atom is 0.262 e. The van der Waals surface area contributed by atoms with Gasteiger partial charge < -0.3 is 10.1 Å². The van der Waals surface area contributed by atoms with Crippen LogP contribution in [0.4, 0.5) is 5.00 Å². The first-order valence-electron chi connectivity index (χ1n) is 12.0. The lowest BCUT2D eigenvalue weighted by Crippen LogP contribution is -2.20.